The van der Waals surface area contributed by atoms with E-state index in [4.69, 9.17) is 4.74 Å². The number of methoxy groups -OCH3 is 1. The molecular weight excluding hydrogens is 226 g/mol. The Morgan fingerprint density at radius 3 is 3.06 bits per heavy atom. The molecule has 100 valence electrons. The molecule has 0 amide bonds. The number of aromatic nitrogens is 2. The summed E-state index contributed by atoms with van der Waals surface area (Å²) in [5.41, 5.74) is 0. The van der Waals surface area contributed by atoms with Gasteiger partial charge in [-0.1, -0.05) is 26.2 Å². The molecule has 1 saturated carbocycles. The zero-order valence-corrected chi connectivity index (χ0v) is 11.4. The number of nitrogens with one attached hydrogen (secondary N) is 1. The summed E-state index contributed by atoms with van der Waals surface area (Å²) >= 11 is 0. The molecule has 1 aliphatic carbocycles. The molecule has 2 unspecified atom stereocenters. The molecule has 4 nitrogen and oxygen atoms in total. The number of anilines is 1. The second kappa shape index (κ2) is 6.57. The van der Waals surface area contributed by atoms with Crippen LogP contribution < -0.4 is 10.1 Å². The van der Waals surface area contributed by atoms with Crippen LogP contribution in [-0.2, 0) is 0 Å². The summed E-state index contributed by atoms with van der Waals surface area (Å²) < 4.78 is 5.07. The van der Waals surface area contributed by atoms with Crippen LogP contribution in [0.15, 0.2) is 12.4 Å². The fourth-order valence-corrected chi connectivity index (χ4v) is 2.77. The van der Waals surface area contributed by atoms with Gasteiger partial charge >= 0.3 is 0 Å². The Labute approximate surface area is 109 Å². The van der Waals surface area contributed by atoms with E-state index in [-0.39, 0.29) is 0 Å². The van der Waals surface area contributed by atoms with E-state index in [1.54, 1.807) is 7.11 Å². The van der Waals surface area contributed by atoms with E-state index in [1.165, 1.54) is 38.4 Å². The molecule has 1 aromatic rings. The second-order valence-corrected chi connectivity index (χ2v) is 5.30. The molecule has 0 radical (unpaired) electrons. The predicted molar refractivity (Wildman–Crippen MR) is 72.8 cm³/mol. The Kier molecular flexibility index (Phi) is 4.79. The summed E-state index contributed by atoms with van der Waals surface area (Å²) in [4.78, 5) is 8.18. The van der Waals surface area contributed by atoms with Gasteiger partial charge in [-0.15, -0.1) is 0 Å². The maximum absolute atomic E-state index is 5.07. The van der Waals surface area contributed by atoms with Crippen LogP contribution in [0.2, 0.25) is 0 Å². The van der Waals surface area contributed by atoms with E-state index in [9.17, 15) is 0 Å². The van der Waals surface area contributed by atoms with Crippen LogP contribution in [0.3, 0.4) is 0 Å². The Bertz CT molecular complexity index is 370. The highest BCUT2D eigenvalue weighted by atomic mass is 16.5. The second-order valence-electron chi connectivity index (χ2n) is 5.30. The molecule has 0 saturated heterocycles. The van der Waals surface area contributed by atoms with Crippen molar-refractivity contribution in [3.05, 3.63) is 12.4 Å². The number of ether oxygens (including phenoxy) is 1. The van der Waals surface area contributed by atoms with Gasteiger partial charge in [0.15, 0.2) is 0 Å². The fraction of sp³-hybridized carbons (Fsp3) is 0.714. The molecule has 1 fully saturated rings. The first-order valence-electron chi connectivity index (χ1n) is 6.88. The van der Waals surface area contributed by atoms with Gasteiger partial charge in [0.05, 0.1) is 7.11 Å². The maximum Gasteiger partial charge on any atom is 0.218 e. The van der Waals surface area contributed by atoms with Gasteiger partial charge in [0, 0.05) is 12.6 Å². The molecule has 2 rings (SSSR count). The van der Waals surface area contributed by atoms with Crippen molar-refractivity contribution in [1.29, 1.82) is 0 Å². The van der Waals surface area contributed by atoms with Crippen molar-refractivity contribution in [1.82, 2.24) is 9.97 Å². The highest BCUT2D eigenvalue weighted by Crippen LogP contribution is 2.30. The third-order valence-electron chi connectivity index (χ3n) is 3.75. The lowest BCUT2D eigenvalue weighted by molar-refractivity contribution is 0.274. The molecule has 0 spiro atoms. The molecule has 18 heavy (non-hydrogen) atoms. The minimum Gasteiger partial charge on any atom is -0.481 e. The zero-order valence-electron chi connectivity index (χ0n) is 11.4. The fourth-order valence-electron chi connectivity index (χ4n) is 2.77. The largest absolute Gasteiger partial charge is 0.481 e. The average molecular weight is 249 g/mol. The summed E-state index contributed by atoms with van der Waals surface area (Å²) in [5, 5.41) is 3.35. The SMILES string of the molecule is COc1cc(NCCC2CCCC(C)C2)ncn1. The van der Waals surface area contributed by atoms with Gasteiger partial charge in [-0.05, 0) is 24.7 Å². The molecule has 1 N–H and O–H groups in total. The topological polar surface area (TPSA) is 47.0 Å². The van der Waals surface area contributed by atoms with Crippen LogP contribution in [0, 0.1) is 11.8 Å². The van der Waals surface area contributed by atoms with Crippen molar-refractivity contribution >= 4 is 5.82 Å². The third kappa shape index (κ3) is 3.86. The first-order valence-corrected chi connectivity index (χ1v) is 6.88. The Balaban J connectivity index is 1.74. The highest BCUT2D eigenvalue weighted by molar-refractivity contribution is 5.36. The van der Waals surface area contributed by atoms with Crippen molar-refractivity contribution in [3.8, 4) is 5.88 Å². The summed E-state index contributed by atoms with van der Waals surface area (Å²) in [5.74, 6) is 3.25. The monoisotopic (exact) mass is 249 g/mol. The molecule has 0 aromatic carbocycles. The number of nitrogens with zero attached hydrogens (tertiary/aromatic N) is 2. The van der Waals surface area contributed by atoms with E-state index < -0.39 is 0 Å². The van der Waals surface area contributed by atoms with Gasteiger partial charge in [0.2, 0.25) is 5.88 Å². The van der Waals surface area contributed by atoms with Gasteiger partial charge < -0.3 is 10.1 Å². The van der Waals surface area contributed by atoms with Crippen LogP contribution in [-0.4, -0.2) is 23.6 Å². The van der Waals surface area contributed by atoms with E-state index in [0.29, 0.717) is 5.88 Å². The smallest absolute Gasteiger partial charge is 0.218 e. The van der Waals surface area contributed by atoms with Crippen LogP contribution in [0.5, 0.6) is 5.88 Å². The van der Waals surface area contributed by atoms with E-state index >= 15 is 0 Å². The van der Waals surface area contributed by atoms with Crippen LogP contribution >= 0.6 is 0 Å². The quantitative estimate of drug-likeness (QED) is 0.871. The van der Waals surface area contributed by atoms with E-state index in [2.05, 4.69) is 22.2 Å². The predicted octanol–water partition coefficient (Wildman–Crippen LogP) is 3.11. The molecular formula is C14H23N3O. The van der Waals surface area contributed by atoms with Crippen molar-refractivity contribution < 1.29 is 4.74 Å². The maximum atomic E-state index is 5.07. The van der Waals surface area contributed by atoms with Gasteiger partial charge in [-0.25, -0.2) is 9.97 Å². The Morgan fingerprint density at radius 2 is 2.28 bits per heavy atom. The van der Waals surface area contributed by atoms with Crippen molar-refractivity contribution in [2.75, 3.05) is 19.0 Å². The molecule has 1 heterocycles. The van der Waals surface area contributed by atoms with E-state index in [0.717, 1.165) is 24.2 Å². The van der Waals surface area contributed by atoms with Crippen LogP contribution in [0.1, 0.15) is 39.0 Å². The molecule has 1 aliphatic rings. The summed E-state index contributed by atoms with van der Waals surface area (Å²) in [6, 6.07) is 1.84. The average Bonchev–Trinajstić information content (AvgIpc) is 2.39. The van der Waals surface area contributed by atoms with Crippen LogP contribution in [0.4, 0.5) is 5.82 Å². The van der Waals surface area contributed by atoms with Gasteiger partial charge in [0.1, 0.15) is 12.1 Å². The van der Waals surface area contributed by atoms with Crippen molar-refractivity contribution in [2.24, 2.45) is 11.8 Å². The number of hydrogen-bond donors (Lipinski definition) is 1. The minimum atomic E-state index is 0.610. The van der Waals surface area contributed by atoms with Crippen molar-refractivity contribution in [3.63, 3.8) is 0 Å². The lowest BCUT2D eigenvalue weighted by Crippen LogP contribution is -2.16. The van der Waals surface area contributed by atoms with Crippen molar-refractivity contribution in [2.45, 2.75) is 39.0 Å². The summed E-state index contributed by atoms with van der Waals surface area (Å²) in [6.45, 7) is 3.35. The number of rotatable bonds is 5. The zero-order chi connectivity index (χ0) is 12.8. The molecule has 1 aromatic heterocycles. The van der Waals surface area contributed by atoms with Gasteiger partial charge in [-0.2, -0.15) is 0 Å². The molecule has 0 bridgehead atoms. The first-order chi connectivity index (χ1) is 8.78. The normalized spacial score (nSPS) is 23.7. The van der Waals surface area contributed by atoms with Gasteiger partial charge in [0.25, 0.3) is 0 Å². The molecule has 2 atom stereocenters. The van der Waals surface area contributed by atoms with Crippen LogP contribution in [0.25, 0.3) is 0 Å². The Hall–Kier alpha value is -1.32. The summed E-state index contributed by atoms with van der Waals surface area (Å²) in [7, 11) is 1.62. The lowest BCUT2D eigenvalue weighted by Gasteiger charge is -2.26. The minimum absolute atomic E-state index is 0.610. The summed E-state index contributed by atoms with van der Waals surface area (Å²) in [6.07, 6.45) is 8.34. The van der Waals surface area contributed by atoms with Gasteiger partial charge in [-0.3, -0.25) is 0 Å². The standard InChI is InChI=1S/C14H23N3O/c1-11-4-3-5-12(8-11)6-7-15-13-9-14(18-2)17-10-16-13/h9-12H,3-8H2,1-2H3,(H,15,16,17). The first kappa shape index (κ1) is 13.1. The van der Waals surface area contributed by atoms with E-state index in [1.807, 2.05) is 6.07 Å². The number of hydrogen-bond acceptors (Lipinski definition) is 4. The Morgan fingerprint density at radius 1 is 1.39 bits per heavy atom. The lowest BCUT2D eigenvalue weighted by atomic mass is 9.81. The highest BCUT2D eigenvalue weighted by Gasteiger charge is 2.18. The molecule has 0 aliphatic heterocycles. The third-order valence-corrected chi connectivity index (χ3v) is 3.75. The molecule has 4 heteroatoms.